The van der Waals surface area contributed by atoms with E-state index in [4.69, 9.17) is 4.74 Å². The van der Waals surface area contributed by atoms with Crippen LogP contribution in [0.15, 0.2) is 24.3 Å². The Morgan fingerprint density at radius 2 is 1.94 bits per heavy atom. The Labute approximate surface area is 120 Å². The summed E-state index contributed by atoms with van der Waals surface area (Å²) in [5, 5.41) is 2.69. The fraction of sp³-hybridized carbons (Fsp3) is 0.462. The number of alkyl halides is 1. The fourth-order valence-corrected chi connectivity index (χ4v) is 1.91. The predicted octanol–water partition coefficient (Wildman–Crippen LogP) is 3.83. The highest BCUT2D eigenvalue weighted by molar-refractivity contribution is 14.1. The van der Waals surface area contributed by atoms with Crippen molar-refractivity contribution >= 4 is 28.7 Å². The number of halogens is 2. The molecule has 0 aliphatic rings. The zero-order valence-electron chi connectivity index (χ0n) is 10.7. The van der Waals surface area contributed by atoms with E-state index >= 15 is 0 Å². The Hall–Kier alpha value is -0.850. The van der Waals surface area contributed by atoms with Gasteiger partial charge in [0.2, 0.25) is 0 Å². The summed E-state index contributed by atoms with van der Waals surface area (Å²) in [7, 11) is 0. The number of alkyl carbamates (subject to hydrolysis) is 1. The van der Waals surface area contributed by atoms with Gasteiger partial charge in [0, 0.05) is 6.54 Å². The van der Waals surface area contributed by atoms with Crippen molar-refractivity contribution in [1.82, 2.24) is 5.32 Å². The monoisotopic (exact) mass is 365 g/mol. The molecule has 0 spiro atoms. The number of amides is 1. The summed E-state index contributed by atoms with van der Waals surface area (Å²) in [4.78, 5) is 11.5. The molecule has 100 valence electrons. The molecule has 1 N–H and O–H groups in total. The van der Waals surface area contributed by atoms with Crippen LogP contribution in [0.4, 0.5) is 9.18 Å². The molecule has 1 unspecified atom stereocenters. The average Bonchev–Trinajstić information content (AvgIpc) is 2.24. The number of nitrogens with one attached hydrogen (secondary N) is 1. The second-order valence-electron chi connectivity index (χ2n) is 4.90. The predicted molar refractivity (Wildman–Crippen MR) is 77.4 cm³/mol. The number of hydrogen-bond acceptors (Lipinski definition) is 2. The topological polar surface area (TPSA) is 38.3 Å². The zero-order valence-corrected chi connectivity index (χ0v) is 12.8. The van der Waals surface area contributed by atoms with E-state index in [2.05, 4.69) is 27.9 Å². The second kappa shape index (κ2) is 6.36. The van der Waals surface area contributed by atoms with Crippen molar-refractivity contribution < 1.29 is 13.9 Å². The van der Waals surface area contributed by atoms with Crippen LogP contribution >= 0.6 is 22.6 Å². The Balaban J connectivity index is 2.44. The van der Waals surface area contributed by atoms with Crippen molar-refractivity contribution in [2.24, 2.45) is 0 Å². The van der Waals surface area contributed by atoms with Gasteiger partial charge >= 0.3 is 6.09 Å². The first-order valence-corrected chi connectivity index (χ1v) is 6.89. The Kier molecular flexibility index (Phi) is 5.37. The zero-order chi connectivity index (χ0) is 13.8. The van der Waals surface area contributed by atoms with Gasteiger partial charge in [-0.15, -0.1) is 0 Å². The van der Waals surface area contributed by atoms with Crippen LogP contribution in [0, 0.1) is 5.82 Å². The Morgan fingerprint density at radius 1 is 1.39 bits per heavy atom. The van der Waals surface area contributed by atoms with Gasteiger partial charge in [-0.1, -0.05) is 34.7 Å². The highest BCUT2D eigenvalue weighted by Gasteiger charge is 2.17. The smallest absolute Gasteiger partial charge is 0.407 e. The maximum absolute atomic E-state index is 12.8. The molecule has 0 heterocycles. The summed E-state index contributed by atoms with van der Waals surface area (Å²) in [6.45, 7) is 5.89. The van der Waals surface area contributed by atoms with Crippen molar-refractivity contribution in [1.29, 1.82) is 0 Å². The summed E-state index contributed by atoms with van der Waals surface area (Å²) in [5.41, 5.74) is 0.467. The van der Waals surface area contributed by atoms with Gasteiger partial charge in [0.15, 0.2) is 0 Å². The molecular formula is C13H17FINO2. The summed E-state index contributed by atoms with van der Waals surface area (Å²) in [6.07, 6.45) is -0.439. The van der Waals surface area contributed by atoms with E-state index in [1.54, 1.807) is 12.1 Å². The fourth-order valence-electron chi connectivity index (χ4n) is 1.28. The van der Waals surface area contributed by atoms with Gasteiger partial charge in [-0.05, 0) is 38.5 Å². The van der Waals surface area contributed by atoms with Crippen LogP contribution in [-0.2, 0) is 4.74 Å². The first-order valence-electron chi connectivity index (χ1n) is 5.64. The standard InChI is InChI=1S/C13H17FINO2/c1-13(2,3)18-12(17)16-8-11(15)9-4-6-10(14)7-5-9/h4-7,11H,8H2,1-3H3,(H,16,17). The van der Waals surface area contributed by atoms with Crippen LogP contribution in [0.25, 0.3) is 0 Å². The third-order valence-corrected chi connectivity index (χ3v) is 3.22. The van der Waals surface area contributed by atoms with Gasteiger partial charge in [-0.2, -0.15) is 0 Å². The molecule has 0 aromatic heterocycles. The third kappa shape index (κ3) is 5.66. The van der Waals surface area contributed by atoms with E-state index in [0.29, 0.717) is 6.54 Å². The van der Waals surface area contributed by atoms with Gasteiger partial charge in [-0.25, -0.2) is 9.18 Å². The molecule has 0 fully saturated rings. The minimum atomic E-state index is -0.499. The van der Waals surface area contributed by atoms with Crippen LogP contribution in [0.1, 0.15) is 30.3 Å². The molecule has 0 saturated carbocycles. The number of hydrogen-bond donors (Lipinski definition) is 1. The SMILES string of the molecule is CC(C)(C)OC(=O)NCC(I)c1ccc(F)cc1. The van der Waals surface area contributed by atoms with Crippen LogP contribution in [0.2, 0.25) is 0 Å². The van der Waals surface area contributed by atoms with Crippen molar-refractivity contribution in [3.8, 4) is 0 Å². The van der Waals surface area contributed by atoms with Crippen molar-refractivity contribution in [2.75, 3.05) is 6.54 Å². The van der Waals surface area contributed by atoms with Gasteiger partial charge in [0.1, 0.15) is 11.4 Å². The lowest BCUT2D eigenvalue weighted by Gasteiger charge is -2.20. The summed E-state index contributed by atoms with van der Waals surface area (Å²) >= 11 is 2.20. The van der Waals surface area contributed by atoms with Crippen LogP contribution in [-0.4, -0.2) is 18.2 Å². The first-order chi connectivity index (χ1) is 8.28. The van der Waals surface area contributed by atoms with Crippen LogP contribution in [0.3, 0.4) is 0 Å². The number of benzene rings is 1. The number of rotatable bonds is 3. The lowest BCUT2D eigenvalue weighted by atomic mass is 10.1. The molecule has 1 aromatic carbocycles. The Bertz CT molecular complexity index is 400. The molecule has 0 radical (unpaired) electrons. The molecule has 0 aliphatic carbocycles. The third-order valence-electron chi connectivity index (χ3n) is 2.06. The quantitative estimate of drug-likeness (QED) is 0.653. The lowest BCUT2D eigenvalue weighted by Crippen LogP contribution is -2.34. The molecule has 18 heavy (non-hydrogen) atoms. The van der Waals surface area contributed by atoms with E-state index in [1.807, 2.05) is 20.8 Å². The van der Waals surface area contributed by atoms with E-state index in [9.17, 15) is 9.18 Å². The minimum absolute atomic E-state index is 0.0794. The minimum Gasteiger partial charge on any atom is -0.444 e. The second-order valence-corrected chi connectivity index (χ2v) is 6.41. The molecule has 0 aliphatic heterocycles. The summed E-state index contributed by atoms with van der Waals surface area (Å²) < 4.78 is 18.0. The van der Waals surface area contributed by atoms with E-state index in [0.717, 1.165) is 5.56 Å². The molecule has 0 bridgehead atoms. The molecular weight excluding hydrogens is 348 g/mol. The lowest BCUT2D eigenvalue weighted by molar-refractivity contribution is 0.0528. The first kappa shape index (κ1) is 15.2. The molecule has 1 atom stereocenters. The van der Waals surface area contributed by atoms with Crippen molar-refractivity contribution in [2.45, 2.75) is 30.3 Å². The molecule has 0 saturated heterocycles. The molecule has 1 rings (SSSR count). The van der Waals surface area contributed by atoms with Crippen LogP contribution < -0.4 is 5.32 Å². The van der Waals surface area contributed by atoms with Crippen molar-refractivity contribution in [3.05, 3.63) is 35.6 Å². The normalized spacial score (nSPS) is 12.9. The highest BCUT2D eigenvalue weighted by Crippen LogP contribution is 2.22. The molecule has 5 heteroatoms. The van der Waals surface area contributed by atoms with Gasteiger partial charge in [-0.3, -0.25) is 0 Å². The Morgan fingerprint density at radius 3 is 2.44 bits per heavy atom. The van der Waals surface area contributed by atoms with E-state index in [-0.39, 0.29) is 9.74 Å². The number of carbonyl (C=O) groups is 1. The summed E-state index contributed by atoms with van der Waals surface area (Å²) in [5.74, 6) is -0.262. The number of carbonyl (C=O) groups excluding carboxylic acids is 1. The van der Waals surface area contributed by atoms with E-state index in [1.165, 1.54) is 12.1 Å². The largest absolute Gasteiger partial charge is 0.444 e. The highest BCUT2D eigenvalue weighted by atomic mass is 127. The summed E-state index contributed by atoms with van der Waals surface area (Å²) in [6, 6.07) is 6.25. The number of ether oxygens (including phenoxy) is 1. The van der Waals surface area contributed by atoms with Gasteiger partial charge < -0.3 is 10.1 Å². The molecule has 1 amide bonds. The van der Waals surface area contributed by atoms with E-state index < -0.39 is 11.7 Å². The van der Waals surface area contributed by atoms with Gasteiger partial charge in [0.05, 0.1) is 3.92 Å². The van der Waals surface area contributed by atoms with Crippen LogP contribution in [0.5, 0.6) is 0 Å². The molecule has 3 nitrogen and oxygen atoms in total. The van der Waals surface area contributed by atoms with Gasteiger partial charge in [0.25, 0.3) is 0 Å². The average molecular weight is 365 g/mol. The van der Waals surface area contributed by atoms with Crippen molar-refractivity contribution in [3.63, 3.8) is 0 Å². The maximum atomic E-state index is 12.8. The maximum Gasteiger partial charge on any atom is 0.407 e. The molecule has 1 aromatic rings.